The third-order valence-electron chi connectivity index (χ3n) is 4.50. The van der Waals surface area contributed by atoms with E-state index in [1.165, 1.54) is 18.1 Å². The van der Waals surface area contributed by atoms with Crippen molar-refractivity contribution in [3.63, 3.8) is 0 Å². The Labute approximate surface area is 140 Å². The Balaban J connectivity index is 1.77. The normalized spacial score (nSPS) is 20.4. The molecule has 1 aliphatic carbocycles. The minimum atomic E-state index is -0.640. The van der Waals surface area contributed by atoms with Gasteiger partial charge >= 0.3 is 6.03 Å². The summed E-state index contributed by atoms with van der Waals surface area (Å²) < 4.78 is 1.81. The van der Waals surface area contributed by atoms with E-state index >= 15 is 0 Å². The Kier molecular flexibility index (Phi) is 4.64. The monoisotopic (exact) mass is 327 g/mol. The maximum Gasteiger partial charge on any atom is 0.331 e. The molecule has 0 bridgehead atoms. The molecule has 2 aliphatic rings. The first kappa shape index (κ1) is 16.2. The van der Waals surface area contributed by atoms with E-state index in [0.29, 0.717) is 13.0 Å². The van der Waals surface area contributed by atoms with Crippen LogP contribution >= 0.6 is 0 Å². The van der Waals surface area contributed by atoms with E-state index in [1.54, 1.807) is 10.6 Å². The van der Waals surface area contributed by atoms with Gasteiger partial charge in [-0.15, -0.1) is 0 Å². The van der Waals surface area contributed by atoms with Crippen molar-refractivity contribution >= 4 is 23.9 Å². The van der Waals surface area contributed by atoms with E-state index in [9.17, 15) is 14.4 Å². The van der Waals surface area contributed by atoms with Crippen molar-refractivity contribution in [2.45, 2.75) is 32.1 Å². The molecule has 4 amide bonds. The van der Waals surface area contributed by atoms with E-state index in [-0.39, 0.29) is 5.57 Å². The minimum absolute atomic E-state index is 0.00553. The number of hydrogen-bond acceptors (Lipinski definition) is 3. The summed E-state index contributed by atoms with van der Waals surface area (Å²) in [5.41, 5.74) is 2.01. The number of nitrogens with zero attached hydrogens (tertiary/aromatic N) is 2. The van der Waals surface area contributed by atoms with E-state index in [4.69, 9.17) is 0 Å². The molecule has 1 saturated heterocycles. The average molecular weight is 327 g/mol. The smallest absolute Gasteiger partial charge is 0.331 e. The first-order chi connectivity index (χ1) is 11.6. The number of allylic oxidation sites excluding steroid dienone is 1. The number of urea groups is 1. The second-order valence-corrected chi connectivity index (χ2v) is 6.18. The summed E-state index contributed by atoms with van der Waals surface area (Å²) in [5.74, 6) is -1.17. The molecule has 0 unspecified atom stereocenters. The van der Waals surface area contributed by atoms with Crippen LogP contribution in [0, 0.1) is 0 Å². The predicted octanol–water partition coefficient (Wildman–Crippen LogP) is 2.38. The molecule has 0 spiro atoms. The average Bonchev–Trinajstić information content (AvgIpc) is 2.97. The van der Waals surface area contributed by atoms with Gasteiger partial charge in [-0.1, -0.05) is 11.6 Å². The van der Waals surface area contributed by atoms with Crippen molar-refractivity contribution in [2.75, 3.05) is 6.54 Å². The van der Waals surface area contributed by atoms with Gasteiger partial charge < -0.3 is 4.57 Å². The Morgan fingerprint density at radius 2 is 2.08 bits per heavy atom. The molecule has 3 rings (SSSR count). The summed E-state index contributed by atoms with van der Waals surface area (Å²) >= 11 is 0. The Hall–Kier alpha value is -2.63. The van der Waals surface area contributed by atoms with Gasteiger partial charge in [0.25, 0.3) is 11.8 Å². The van der Waals surface area contributed by atoms with Crippen LogP contribution in [0.2, 0.25) is 0 Å². The molecular formula is C18H21N3O3. The third kappa shape index (κ3) is 3.32. The number of nitrogens with one attached hydrogen (secondary N) is 1. The molecule has 0 radical (unpaired) electrons. The quantitative estimate of drug-likeness (QED) is 0.524. The number of barbiturate groups is 1. The number of rotatable bonds is 4. The molecular weight excluding hydrogens is 306 g/mol. The summed E-state index contributed by atoms with van der Waals surface area (Å²) in [6, 6.07) is 3.00. The lowest BCUT2D eigenvalue weighted by atomic mass is 9.97. The first-order valence-electron chi connectivity index (χ1n) is 8.24. The second-order valence-electron chi connectivity index (χ2n) is 6.18. The SMILES string of the molecule is Cn1cccc1/C=C1\C(=O)NC(=O)N(CCC2=CCCCC2)C1=O. The van der Waals surface area contributed by atoms with Crippen LogP contribution in [-0.2, 0) is 16.6 Å². The largest absolute Gasteiger partial charge is 0.351 e. The van der Waals surface area contributed by atoms with E-state index < -0.39 is 17.8 Å². The molecule has 1 N–H and O–H groups in total. The summed E-state index contributed by atoms with van der Waals surface area (Å²) in [6.45, 7) is 0.300. The molecule has 6 heteroatoms. The molecule has 6 nitrogen and oxygen atoms in total. The summed E-state index contributed by atoms with van der Waals surface area (Å²) in [7, 11) is 1.83. The molecule has 1 aromatic heterocycles. The summed E-state index contributed by atoms with van der Waals surface area (Å²) in [5, 5.41) is 2.26. The maximum atomic E-state index is 12.6. The second kappa shape index (κ2) is 6.86. The number of imide groups is 2. The van der Waals surface area contributed by atoms with Gasteiger partial charge in [0, 0.05) is 25.5 Å². The number of aryl methyl sites for hydroxylation is 1. The van der Waals surface area contributed by atoms with Crippen molar-refractivity contribution in [2.24, 2.45) is 7.05 Å². The van der Waals surface area contributed by atoms with Crippen LogP contribution in [0.4, 0.5) is 4.79 Å². The minimum Gasteiger partial charge on any atom is -0.351 e. The zero-order chi connectivity index (χ0) is 17.1. The lowest BCUT2D eigenvalue weighted by molar-refractivity contribution is -0.130. The molecule has 2 heterocycles. The van der Waals surface area contributed by atoms with Crippen LogP contribution in [0.1, 0.15) is 37.8 Å². The number of carbonyl (C=O) groups excluding carboxylic acids is 3. The molecule has 126 valence electrons. The van der Waals surface area contributed by atoms with Gasteiger partial charge in [0.15, 0.2) is 0 Å². The van der Waals surface area contributed by atoms with Crippen molar-refractivity contribution in [1.82, 2.24) is 14.8 Å². The number of aromatic nitrogens is 1. The van der Waals surface area contributed by atoms with Crippen molar-refractivity contribution in [1.29, 1.82) is 0 Å². The van der Waals surface area contributed by atoms with Gasteiger partial charge in [0.2, 0.25) is 0 Å². The van der Waals surface area contributed by atoms with Gasteiger partial charge in [-0.3, -0.25) is 19.8 Å². The topological polar surface area (TPSA) is 71.4 Å². The molecule has 1 aliphatic heterocycles. The van der Waals surface area contributed by atoms with Crippen molar-refractivity contribution < 1.29 is 14.4 Å². The summed E-state index contributed by atoms with van der Waals surface area (Å²) in [4.78, 5) is 37.8. The highest BCUT2D eigenvalue weighted by Gasteiger charge is 2.35. The highest BCUT2D eigenvalue weighted by atomic mass is 16.2. The lowest BCUT2D eigenvalue weighted by Gasteiger charge is -2.27. The molecule has 1 fully saturated rings. The highest BCUT2D eigenvalue weighted by Crippen LogP contribution is 2.22. The van der Waals surface area contributed by atoms with Crippen molar-refractivity contribution in [3.8, 4) is 0 Å². The molecule has 24 heavy (non-hydrogen) atoms. The van der Waals surface area contributed by atoms with E-state index in [1.807, 2.05) is 19.3 Å². The Morgan fingerprint density at radius 3 is 2.75 bits per heavy atom. The van der Waals surface area contributed by atoms with Crippen LogP contribution < -0.4 is 5.32 Å². The number of amides is 4. The molecule has 0 aromatic carbocycles. The maximum absolute atomic E-state index is 12.6. The van der Waals surface area contributed by atoms with Crippen LogP contribution in [0.25, 0.3) is 6.08 Å². The van der Waals surface area contributed by atoms with Crippen LogP contribution in [0.5, 0.6) is 0 Å². The Morgan fingerprint density at radius 1 is 1.25 bits per heavy atom. The van der Waals surface area contributed by atoms with Crippen LogP contribution in [0.15, 0.2) is 35.6 Å². The standard InChI is InChI=1S/C18H21N3O3/c1-20-10-5-8-14(20)12-15-16(22)19-18(24)21(17(15)23)11-9-13-6-3-2-4-7-13/h5-6,8,10,12H,2-4,7,9,11H2,1H3,(H,19,22,24)/b15-12+. The zero-order valence-corrected chi connectivity index (χ0v) is 13.7. The van der Waals surface area contributed by atoms with Gasteiger partial charge in [0.05, 0.1) is 0 Å². The third-order valence-corrected chi connectivity index (χ3v) is 4.50. The molecule has 1 aromatic rings. The fourth-order valence-electron chi connectivity index (χ4n) is 3.06. The van der Waals surface area contributed by atoms with E-state index in [0.717, 1.165) is 29.9 Å². The number of carbonyl (C=O) groups is 3. The van der Waals surface area contributed by atoms with Gasteiger partial charge in [-0.25, -0.2) is 4.79 Å². The van der Waals surface area contributed by atoms with Crippen molar-refractivity contribution in [3.05, 3.63) is 41.2 Å². The molecule has 0 atom stereocenters. The van der Waals surface area contributed by atoms with E-state index in [2.05, 4.69) is 11.4 Å². The predicted molar refractivity (Wildman–Crippen MR) is 89.8 cm³/mol. The first-order valence-corrected chi connectivity index (χ1v) is 8.24. The fraction of sp³-hybridized carbons (Fsp3) is 0.389. The lowest BCUT2D eigenvalue weighted by Crippen LogP contribution is -2.54. The number of hydrogen-bond donors (Lipinski definition) is 1. The Bertz CT molecular complexity index is 742. The molecule has 0 saturated carbocycles. The summed E-state index contributed by atoms with van der Waals surface area (Å²) in [6.07, 6.45) is 10.7. The zero-order valence-electron chi connectivity index (χ0n) is 13.7. The van der Waals surface area contributed by atoms with Gasteiger partial charge in [0.1, 0.15) is 5.57 Å². The van der Waals surface area contributed by atoms with Crippen LogP contribution in [0.3, 0.4) is 0 Å². The fourth-order valence-corrected chi connectivity index (χ4v) is 3.06. The highest BCUT2D eigenvalue weighted by molar-refractivity contribution is 6.30. The van der Waals surface area contributed by atoms with Gasteiger partial charge in [-0.2, -0.15) is 0 Å². The van der Waals surface area contributed by atoms with Gasteiger partial charge in [-0.05, 0) is 50.3 Å². The van der Waals surface area contributed by atoms with Crippen LogP contribution in [-0.4, -0.2) is 33.9 Å².